The van der Waals surface area contributed by atoms with E-state index in [0.29, 0.717) is 0 Å². The highest BCUT2D eigenvalue weighted by Gasteiger charge is 2.50. The van der Waals surface area contributed by atoms with Gasteiger partial charge in [-0.3, -0.25) is 4.79 Å². The van der Waals surface area contributed by atoms with Gasteiger partial charge in [0, 0.05) is 6.92 Å². The summed E-state index contributed by atoms with van der Waals surface area (Å²) in [6, 6.07) is 16.2. The van der Waals surface area contributed by atoms with Gasteiger partial charge in [-0.15, -0.1) is 0 Å². The molecule has 2 N–H and O–H groups in total. The predicted octanol–water partition coefficient (Wildman–Crippen LogP) is 1.66. The molecule has 1 aliphatic rings. The van der Waals surface area contributed by atoms with Crippen LogP contribution in [0.4, 0.5) is 0 Å². The van der Waals surface area contributed by atoms with Gasteiger partial charge in [-0.2, -0.15) is 0 Å². The average molecular weight is 426 g/mol. The lowest BCUT2D eigenvalue weighted by Gasteiger charge is -2.41. The summed E-state index contributed by atoms with van der Waals surface area (Å²) in [6.45, 7) is 0.512. The molecule has 0 radical (unpaired) electrons. The summed E-state index contributed by atoms with van der Waals surface area (Å²) in [7, 11) is 0. The molecule has 0 aliphatic heterocycles. The van der Waals surface area contributed by atoms with Crippen molar-refractivity contribution in [1.82, 2.24) is 0 Å². The number of rotatable bonds is 6. The van der Waals surface area contributed by atoms with Crippen molar-refractivity contribution in [3.8, 4) is 0 Å². The summed E-state index contributed by atoms with van der Waals surface area (Å²) in [5.74, 6) is -2.25. The second kappa shape index (κ2) is 9.55. The van der Waals surface area contributed by atoms with Gasteiger partial charge in [0.25, 0.3) is 0 Å². The highest BCUT2D eigenvalue weighted by atomic mass is 16.6. The molecule has 1 aliphatic carbocycles. The van der Waals surface area contributed by atoms with Crippen molar-refractivity contribution in [1.29, 1.82) is 0 Å². The fourth-order valence-corrected chi connectivity index (χ4v) is 3.15. The van der Waals surface area contributed by atoms with E-state index in [4.69, 9.17) is 14.2 Å². The van der Waals surface area contributed by atoms with Crippen LogP contribution in [0.25, 0.3) is 0 Å². The van der Waals surface area contributed by atoms with Crippen molar-refractivity contribution < 1.29 is 38.8 Å². The quantitative estimate of drug-likeness (QED) is 0.407. The first-order valence-electron chi connectivity index (χ1n) is 9.55. The number of esters is 3. The Kier molecular flexibility index (Phi) is 6.84. The number of carbonyl (C=O) groups is 3. The fourth-order valence-electron chi connectivity index (χ4n) is 3.15. The first kappa shape index (κ1) is 22.2. The highest BCUT2D eigenvalue weighted by Crippen LogP contribution is 2.30. The lowest BCUT2D eigenvalue weighted by Crippen LogP contribution is -2.60. The van der Waals surface area contributed by atoms with E-state index in [1.54, 1.807) is 48.5 Å². The molecule has 0 fully saturated rings. The lowest BCUT2D eigenvalue weighted by atomic mass is 9.84. The molecular formula is C23H22O8. The van der Waals surface area contributed by atoms with Crippen molar-refractivity contribution in [3.63, 3.8) is 0 Å². The molecule has 0 unspecified atom stereocenters. The molecule has 0 spiro atoms. The summed E-state index contributed by atoms with van der Waals surface area (Å²) in [4.78, 5) is 36.4. The summed E-state index contributed by atoms with van der Waals surface area (Å²) in [5, 5.41) is 21.5. The minimum Gasteiger partial charge on any atom is -0.459 e. The van der Waals surface area contributed by atoms with Crippen LogP contribution in [0.2, 0.25) is 0 Å². The fraction of sp³-hybridized carbons (Fsp3) is 0.261. The molecule has 0 heterocycles. The maximum absolute atomic E-state index is 12.5. The molecule has 0 saturated carbocycles. The van der Waals surface area contributed by atoms with E-state index in [-0.39, 0.29) is 11.1 Å². The Morgan fingerprint density at radius 2 is 1.45 bits per heavy atom. The third-order valence-electron chi connectivity index (χ3n) is 4.70. The van der Waals surface area contributed by atoms with E-state index in [9.17, 15) is 24.6 Å². The lowest BCUT2D eigenvalue weighted by molar-refractivity contribution is -0.187. The van der Waals surface area contributed by atoms with Crippen LogP contribution in [0.15, 0.2) is 72.8 Å². The summed E-state index contributed by atoms with van der Waals surface area (Å²) < 4.78 is 15.8. The first-order chi connectivity index (χ1) is 14.8. The van der Waals surface area contributed by atoms with Crippen molar-refractivity contribution in [2.45, 2.75) is 30.8 Å². The molecule has 2 aromatic carbocycles. The number of aliphatic hydroxyl groups is 2. The molecule has 0 aromatic heterocycles. The molecule has 3 rings (SSSR count). The molecule has 0 saturated heterocycles. The Balaban J connectivity index is 1.81. The smallest absolute Gasteiger partial charge is 0.338 e. The maximum atomic E-state index is 12.5. The number of aliphatic hydroxyl groups excluding tert-OH is 1. The predicted molar refractivity (Wildman–Crippen MR) is 108 cm³/mol. The molecular weight excluding hydrogens is 404 g/mol. The molecule has 8 heteroatoms. The van der Waals surface area contributed by atoms with Crippen LogP contribution in [0.3, 0.4) is 0 Å². The number of hydrogen-bond donors (Lipinski definition) is 2. The molecule has 31 heavy (non-hydrogen) atoms. The van der Waals surface area contributed by atoms with Gasteiger partial charge >= 0.3 is 17.9 Å². The van der Waals surface area contributed by atoms with E-state index in [1.165, 1.54) is 18.2 Å². The van der Waals surface area contributed by atoms with Crippen LogP contribution < -0.4 is 0 Å². The third-order valence-corrected chi connectivity index (χ3v) is 4.70. The van der Waals surface area contributed by atoms with Crippen LogP contribution >= 0.6 is 0 Å². The SMILES string of the molecule is CC(=O)O[C@H]1[C@@H](OC(=O)c2ccccc2)[C@@H](O)C=C[C@]1(O)COC(=O)c1ccccc1. The van der Waals surface area contributed by atoms with Crippen LogP contribution in [0.1, 0.15) is 27.6 Å². The zero-order chi connectivity index (χ0) is 22.4. The molecule has 8 nitrogen and oxygen atoms in total. The van der Waals surface area contributed by atoms with Crippen molar-refractivity contribution in [2.75, 3.05) is 6.61 Å². The minimum atomic E-state index is -2.03. The molecule has 162 valence electrons. The highest BCUT2D eigenvalue weighted by molar-refractivity contribution is 5.90. The van der Waals surface area contributed by atoms with E-state index in [1.807, 2.05) is 0 Å². The van der Waals surface area contributed by atoms with Crippen LogP contribution in [0.5, 0.6) is 0 Å². The van der Waals surface area contributed by atoms with Crippen molar-refractivity contribution in [3.05, 3.63) is 83.9 Å². The van der Waals surface area contributed by atoms with Gasteiger partial charge in [0.2, 0.25) is 0 Å². The number of benzene rings is 2. The molecule has 0 amide bonds. The Hall–Kier alpha value is -3.49. The van der Waals surface area contributed by atoms with Gasteiger partial charge in [0.15, 0.2) is 17.8 Å². The Morgan fingerprint density at radius 3 is 2.00 bits per heavy atom. The van der Waals surface area contributed by atoms with E-state index in [0.717, 1.165) is 13.0 Å². The van der Waals surface area contributed by atoms with Crippen molar-refractivity contribution in [2.24, 2.45) is 0 Å². The largest absolute Gasteiger partial charge is 0.459 e. The third kappa shape index (κ3) is 5.36. The van der Waals surface area contributed by atoms with Gasteiger partial charge in [-0.25, -0.2) is 9.59 Å². The van der Waals surface area contributed by atoms with Crippen LogP contribution in [-0.4, -0.2) is 58.6 Å². The molecule has 4 atom stereocenters. The summed E-state index contributed by atoms with van der Waals surface area (Å²) in [6.07, 6.45) is -1.94. The monoisotopic (exact) mass is 426 g/mol. The average Bonchev–Trinajstić information content (AvgIpc) is 2.78. The van der Waals surface area contributed by atoms with Crippen molar-refractivity contribution >= 4 is 17.9 Å². The standard InChI is InChI=1S/C23H22O8/c1-15(24)30-20-19(31-22(27)17-10-6-3-7-11-17)18(25)12-13-23(20,28)14-29-21(26)16-8-4-2-5-9-16/h2-13,18-20,25,28H,14H2,1H3/t18-,19-,20-,23-/m0/s1. The van der Waals surface area contributed by atoms with E-state index < -0.39 is 48.4 Å². The Morgan fingerprint density at radius 1 is 0.903 bits per heavy atom. The maximum Gasteiger partial charge on any atom is 0.338 e. The number of ether oxygens (including phenoxy) is 3. The molecule has 2 aromatic rings. The number of hydrogen-bond acceptors (Lipinski definition) is 8. The van der Waals surface area contributed by atoms with Gasteiger partial charge in [0.05, 0.1) is 11.1 Å². The zero-order valence-corrected chi connectivity index (χ0v) is 16.7. The van der Waals surface area contributed by atoms with E-state index >= 15 is 0 Å². The van der Waals surface area contributed by atoms with Crippen LogP contribution in [-0.2, 0) is 19.0 Å². The summed E-state index contributed by atoms with van der Waals surface area (Å²) in [5.41, 5.74) is -1.55. The van der Waals surface area contributed by atoms with E-state index in [2.05, 4.69) is 0 Å². The van der Waals surface area contributed by atoms with Gasteiger partial charge < -0.3 is 24.4 Å². The topological polar surface area (TPSA) is 119 Å². The number of carbonyl (C=O) groups excluding carboxylic acids is 3. The van der Waals surface area contributed by atoms with Gasteiger partial charge in [-0.05, 0) is 30.3 Å². The Labute approximate surface area is 178 Å². The summed E-state index contributed by atoms with van der Waals surface area (Å²) >= 11 is 0. The Bertz CT molecular complexity index is 956. The second-order valence-corrected chi connectivity index (χ2v) is 7.05. The second-order valence-electron chi connectivity index (χ2n) is 7.05. The van der Waals surface area contributed by atoms with Crippen LogP contribution in [0, 0.1) is 0 Å². The molecule has 0 bridgehead atoms. The minimum absolute atomic E-state index is 0.213. The zero-order valence-electron chi connectivity index (χ0n) is 16.7. The normalized spacial score (nSPS) is 24.8. The first-order valence-corrected chi connectivity index (χ1v) is 9.55. The van der Waals surface area contributed by atoms with Gasteiger partial charge in [-0.1, -0.05) is 42.5 Å². The van der Waals surface area contributed by atoms with Gasteiger partial charge in [0.1, 0.15) is 12.7 Å².